The lowest BCUT2D eigenvalue weighted by Crippen LogP contribution is -2.05. The molecule has 0 aliphatic rings. The highest BCUT2D eigenvalue weighted by Crippen LogP contribution is 2.26. The SMILES string of the molecule is CCOC(=O)c1ccc(F)c(-c2ccccc2C=O)c1. The second-order valence-electron chi connectivity index (χ2n) is 4.12. The third kappa shape index (κ3) is 2.74. The number of hydrogen-bond donors (Lipinski definition) is 0. The van der Waals surface area contributed by atoms with Crippen LogP contribution in [0.3, 0.4) is 0 Å². The molecular formula is C16H13FO3. The van der Waals surface area contributed by atoms with Crippen LogP contribution in [0.15, 0.2) is 42.5 Å². The van der Waals surface area contributed by atoms with Gasteiger partial charge in [0.1, 0.15) is 5.82 Å². The molecule has 0 atom stereocenters. The number of hydrogen-bond acceptors (Lipinski definition) is 3. The summed E-state index contributed by atoms with van der Waals surface area (Å²) in [6.45, 7) is 1.94. The van der Waals surface area contributed by atoms with Gasteiger partial charge in [0.15, 0.2) is 6.29 Å². The summed E-state index contributed by atoms with van der Waals surface area (Å²) >= 11 is 0. The lowest BCUT2D eigenvalue weighted by molar-refractivity contribution is 0.0526. The fourth-order valence-corrected chi connectivity index (χ4v) is 1.92. The molecule has 4 heteroatoms. The largest absolute Gasteiger partial charge is 0.462 e. The number of esters is 1. The summed E-state index contributed by atoms with van der Waals surface area (Å²) in [6, 6.07) is 10.6. The van der Waals surface area contributed by atoms with Crippen LogP contribution in [-0.2, 0) is 4.74 Å². The second kappa shape index (κ2) is 6.10. The molecule has 2 aromatic carbocycles. The Labute approximate surface area is 116 Å². The minimum absolute atomic E-state index is 0.207. The molecule has 102 valence electrons. The van der Waals surface area contributed by atoms with Gasteiger partial charge in [-0.3, -0.25) is 4.79 Å². The van der Waals surface area contributed by atoms with Crippen LogP contribution in [-0.4, -0.2) is 18.9 Å². The molecule has 0 spiro atoms. The molecule has 0 aliphatic heterocycles. The van der Waals surface area contributed by atoms with Gasteiger partial charge in [-0.1, -0.05) is 24.3 Å². The molecule has 2 aromatic rings. The molecule has 2 rings (SSSR count). The van der Waals surface area contributed by atoms with Crippen LogP contribution in [0.25, 0.3) is 11.1 Å². The van der Waals surface area contributed by atoms with Gasteiger partial charge < -0.3 is 4.74 Å². The zero-order valence-electron chi connectivity index (χ0n) is 10.9. The molecule has 0 aliphatic carbocycles. The molecule has 0 unspecified atom stereocenters. The van der Waals surface area contributed by atoms with E-state index in [0.29, 0.717) is 17.4 Å². The smallest absolute Gasteiger partial charge is 0.338 e. The van der Waals surface area contributed by atoms with Gasteiger partial charge >= 0.3 is 5.97 Å². The van der Waals surface area contributed by atoms with Gasteiger partial charge in [-0.05, 0) is 30.7 Å². The zero-order chi connectivity index (χ0) is 14.5. The Hall–Kier alpha value is -2.49. The molecule has 0 fully saturated rings. The van der Waals surface area contributed by atoms with Crippen LogP contribution >= 0.6 is 0 Å². The molecular weight excluding hydrogens is 259 g/mol. The number of benzene rings is 2. The first kappa shape index (κ1) is 13.9. The summed E-state index contributed by atoms with van der Waals surface area (Å²) in [5.74, 6) is -1.01. The van der Waals surface area contributed by atoms with Crippen LogP contribution in [0.4, 0.5) is 4.39 Å². The van der Waals surface area contributed by atoms with Gasteiger partial charge in [0.25, 0.3) is 0 Å². The van der Waals surface area contributed by atoms with Gasteiger partial charge in [-0.25, -0.2) is 9.18 Å². The minimum Gasteiger partial charge on any atom is -0.462 e. The van der Waals surface area contributed by atoms with E-state index in [0.717, 1.165) is 0 Å². The fraction of sp³-hybridized carbons (Fsp3) is 0.125. The summed E-state index contributed by atoms with van der Waals surface area (Å²) in [4.78, 5) is 22.7. The van der Waals surface area contributed by atoms with E-state index in [-0.39, 0.29) is 17.7 Å². The summed E-state index contributed by atoms with van der Waals surface area (Å²) in [5.41, 5.74) is 1.28. The summed E-state index contributed by atoms with van der Waals surface area (Å²) in [5, 5.41) is 0. The third-order valence-electron chi connectivity index (χ3n) is 2.86. The van der Waals surface area contributed by atoms with E-state index in [1.807, 2.05) is 0 Å². The molecule has 0 saturated heterocycles. The van der Waals surface area contributed by atoms with E-state index in [9.17, 15) is 14.0 Å². The summed E-state index contributed by atoms with van der Waals surface area (Å²) < 4.78 is 18.8. The Morgan fingerprint density at radius 2 is 1.95 bits per heavy atom. The molecule has 0 bridgehead atoms. The molecule has 0 N–H and O–H groups in total. The van der Waals surface area contributed by atoms with Crippen LogP contribution < -0.4 is 0 Å². The molecule has 0 heterocycles. The highest BCUT2D eigenvalue weighted by molar-refractivity contribution is 5.93. The average Bonchev–Trinajstić information content (AvgIpc) is 2.48. The molecule has 0 radical (unpaired) electrons. The minimum atomic E-state index is -0.516. The number of carbonyl (C=O) groups is 2. The van der Waals surface area contributed by atoms with Crippen LogP contribution in [0.2, 0.25) is 0 Å². The molecule has 0 aromatic heterocycles. The lowest BCUT2D eigenvalue weighted by atomic mass is 9.98. The van der Waals surface area contributed by atoms with Crippen LogP contribution in [0.5, 0.6) is 0 Å². The Morgan fingerprint density at radius 1 is 1.20 bits per heavy atom. The lowest BCUT2D eigenvalue weighted by Gasteiger charge is -2.08. The first-order valence-corrected chi connectivity index (χ1v) is 6.18. The maximum atomic E-state index is 14.0. The van der Waals surface area contributed by atoms with Gasteiger partial charge in [0.05, 0.1) is 12.2 Å². The van der Waals surface area contributed by atoms with Crippen molar-refractivity contribution in [1.82, 2.24) is 0 Å². The predicted octanol–water partition coefficient (Wildman–Crippen LogP) is 3.48. The number of halogens is 1. The Morgan fingerprint density at radius 3 is 2.65 bits per heavy atom. The highest BCUT2D eigenvalue weighted by atomic mass is 19.1. The highest BCUT2D eigenvalue weighted by Gasteiger charge is 2.13. The average molecular weight is 272 g/mol. The standard InChI is InChI=1S/C16H13FO3/c1-2-20-16(19)11-7-8-15(17)14(9-11)13-6-4-3-5-12(13)10-18/h3-10H,2H2,1H3. The number of carbonyl (C=O) groups excluding carboxylic acids is 2. The Balaban J connectivity index is 2.53. The van der Waals surface area contributed by atoms with E-state index in [1.54, 1.807) is 31.2 Å². The number of aldehydes is 1. The van der Waals surface area contributed by atoms with Gasteiger partial charge in [-0.2, -0.15) is 0 Å². The van der Waals surface area contributed by atoms with Gasteiger partial charge in [0, 0.05) is 11.1 Å². The van der Waals surface area contributed by atoms with Crippen molar-refractivity contribution in [3.63, 3.8) is 0 Å². The van der Waals surface area contributed by atoms with Crippen molar-refractivity contribution in [3.05, 3.63) is 59.4 Å². The Bertz CT molecular complexity index is 650. The van der Waals surface area contributed by atoms with Crippen molar-refractivity contribution in [3.8, 4) is 11.1 Å². The summed E-state index contributed by atoms with van der Waals surface area (Å²) in [7, 11) is 0. The first-order chi connectivity index (χ1) is 9.67. The van der Waals surface area contributed by atoms with E-state index >= 15 is 0 Å². The van der Waals surface area contributed by atoms with Crippen molar-refractivity contribution < 1.29 is 18.7 Å². The number of rotatable bonds is 4. The first-order valence-electron chi connectivity index (χ1n) is 6.18. The maximum absolute atomic E-state index is 14.0. The second-order valence-corrected chi connectivity index (χ2v) is 4.12. The predicted molar refractivity (Wildman–Crippen MR) is 73.2 cm³/mol. The normalized spacial score (nSPS) is 10.1. The van der Waals surface area contributed by atoms with E-state index in [1.165, 1.54) is 18.2 Å². The van der Waals surface area contributed by atoms with Crippen molar-refractivity contribution in [2.75, 3.05) is 6.61 Å². The number of ether oxygens (including phenoxy) is 1. The van der Waals surface area contributed by atoms with Crippen molar-refractivity contribution in [2.45, 2.75) is 6.92 Å². The Kier molecular flexibility index (Phi) is 4.25. The monoisotopic (exact) mass is 272 g/mol. The van der Waals surface area contributed by atoms with E-state index in [2.05, 4.69) is 0 Å². The van der Waals surface area contributed by atoms with Crippen molar-refractivity contribution in [1.29, 1.82) is 0 Å². The van der Waals surface area contributed by atoms with Crippen LogP contribution in [0, 0.1) is 5.82 Å². The van der Waals surface area contributed by atoms with E-state index in [4.69, 9.17) is 4.74 Å². The molecule has 0 saturated carbocycles. The van der Waals surface area contributed by atoms with Crippen molar-refractivity contribution >= 4 is 12.3 Å². The third-order valence-corrected chi connectivity index (χ3v) is 2.86. The van der Waals surface area contributed by atoms with E-state index < -0.39 is 11.8 Å². The van der Waals surface area contributed by atoms with Gasteiger partial charge in [-0.15, -0.1) is 0 Å². The molecule has 0 amide bonds. The topological polar surface area (TPSA) is 43.4 Å². The fourth-order valence-electron chi connectivity index (χ4n) is 1.92. The zero-order valence-corrected chi connectivity index (χ0v) is 10.9. The van der Waals surface area contributed by atoms with Gasteiger partial charge in [0.2, 0.25) is 0 Å². The van der Waals surface area contributed by atoms with Crippen molar-refractivity contribution in [2.24, 2.45) is 0 Å². The van der Waals surface area contributed by atoms with Crippen LogP contribution in [0.1, 0.15) is 27.6 Å². The maximum Gasteiger partial charge on any atom is 0.338 e. The quantitative estimate of drug-likeness (QED) is 0.632. The molecule has 3 nitrogen and oxygen atoms in total. The molecule has 20 heavy (non-hydrogen) atoms. The summed E-state index contributed by atoms with van der Waals surface area (Å²) in [6.07, 6.45) is 0.659.